The normalized spacial score (nSPS) is 13.7. The predicted molar refractivity (Wildman–Crippen MR) is 78.3 cm³/mol. The second-order valence-corrected chi connectivity index (χ2v) is 7.15. The highest BCUT2D eigenvalue weighted by atomic mass is 32.2. The molecule has 0 fully saturated rings. The van der Waals surface area contributed by atoms with E-state index < -0.39 is 16.3 Å². The first kappa shape index (κ1) is 21.8. The van der Waals surface area contributed by atoms with Crippen LogP contribution in [-0.2, 0) is 10.1 Å². The molecule has 0 bridgehead atoms. The van der Waals surface area contributed by atoms with Crippen LogP contribution in [0.4, 0.5) is 0 Å². The summed E-state index contributed by atoms with van der Waals surface area (Å²) in [5.74, 6) is -0.193. The number of hydrogen-bond donors (Lipinski definition) is 3. The number of rotatable bonds is 10. The average Bonchev–Trinajstić information content (AvgIpc) is 2.21. The Hall–Kier alpha value is -0.510. The minimum Gasteiger partial charge on any atom is -0.870 e. The summed E-state index contributed by atoms with van der Waals surface area (Å²) in [5.41, 5.74) is 0.682. The molecule has 1 atom stereocenters. The number of nitrogens with one attached hydrogen (secondary N) is 1. The van der Waals surface area contributed by atoms with Gasteiger partial charge in [0.15, 0.2) is 0 Å². The van der Waals surface area contributed by atoms with Gasteiger partial charge in [-0.3, -0.25) is 9.87 Å². The van der Waals surface area contributed by atoms with Gasteiger partial charge >= 0.3 is 0 Å². The number of hydrogen-bond acceptors (Lipinski definition) is 5. The molecule has 4 N–H and O–H groups in total. The maximum atomic E-state index is 10.6. The molecule has 122 valence electrons. The van der Waals surface area contributed by atoms with Crippen LogP contribution in [0, 0.1) is 0 Å². The molecule has 7 nitrogen and oxygen atoms in total. The van der Waals surface area contributed by atoms with Gasteiger partial charge in [-0.05, 0) is 12.5 Å². The summed E-state index contributed by atoms with van der Waals surface area (Å²) in [5, 5.41) is 12.4. The lowest BCUT2D eigenvalue weighted by atomic mass is 10.3. The van der Waals surface area contributed by atoms with Crippen LogP contribution in [0.25, 0.3) is 0 Å². The van der Waals surface area contributed by atoms with Gasteiger partial charge in [-0.15, -0.1) is 0 Å². The molecule has 0 aromatic heterocycles. The van der Waals surface area contributed by atoms with Crippen LogP contribution < -0.4 is 5.32 Å². The Labute approximate surface area is 121 Å². The summed E-state index contributed by atoms with van der Waals surface area (Å²) in [4.78, 5) is 0. The fourth-order valence-electron chi connectivity index (χ4n) is 1.71. The number of aliphatic hydroxyl groups is 1. The standard InChI is InChI=1S/C12H26N2O4S.H2O/c1-11(2)12(15)13-7-5-8-14(3,4)9-6-10-19(16,17)18;/h12-13,15H,1,5-10H2,2-4H3;1H2. The first-order valence-corrected chi connectivity index (χ1v) is 7.98. The molecular formula is C12H28N2O5S. The van der Waals surface area contributed by atoms with E-state index in [1.165, 1.54) is 0 Å². The van der Waals surface area contributed by atoms with Crippen molar-refractivity contribution in [2.24, 2.45) is 0 Å². The van der Waals surface area contributed by atoms with Crippen molar-refractivity contribution < 1.29 is 28.0 Å². The third-order valence-corrected chi connectivity index (χ3v) is 3.72. The number of aliphatic hydroxyl groups excluding tert-OH is 1. The number of quaternary nitrogens is 1. The monoisotopic (exact) mass is 312 g/mol. The molecule has 0 aliphatic rings. The Morgan fingerprint density at radius 3 is 2.25 bits per heavy atom. The van der Waals surface area contributed by atoms with Crippen molar-refractivity contribution in [3.63, 3.8) is 0 Å². The topological polar surface area (TPSA) is 117 Å². The van der Waals surface area contributed by atoms with Crippen LogP contribution in [-0.4, -0.2) is 73.7 Å². The molecule has 0 saturated carbocycles. The Bertz CT molecular complexity index is 381. The Kier molecular flexibility index (Phi) is 10.3. The first-order chi connectivity index (χ1) is 8.53. The minimum atomic E-state index is -3.86. The molecule has 0 aliphatic heterocycles. The van der Waals surface area contributed by atoms with Crippen LogP contribution in [0.3, 0.4) is 0 Å². The molecule has 0 radical (unpaired) electrons. The van der Waals surface area contributed by atoms with Gasteiger partial charge in [0.1, 0.15) is 6.23 Å². The molecule has 0 aliphatic carbocycles. The van der Waals surface area contributed by atoms with E-state index in [4.69, 9.17) is 4.55 Å². The van der Waals surface area contributed by atoms with E-state index in [2.05, 4.69) is 11.9 Å². The molecule has 0 saturated heterocycles. The molecule has 0 aromatic rings. The van der Waals surface area contributed by atoms with Crippen molar-refractivity contribution in [2.45, 2.75) is 26.0 Å². The molecule has 0 spiro atoms. The first-order valence-electron chi connectivity index (χ1n) is 6.37. The van der Waals surface area contributed by atoms with Crippen molar-refractivity contribution >= 4 is 10.1 Å². The number of nitrogens with zero attached hydrogens (tertiary/aromatic N) is 1. The van der Waals surface area contributed by atoms with Crippen LogP contribution in [0.2, 0.25) is 0 Å². The quantitative estimate of drug-likeness (QED) is 0.172. The van der Waals surface area contributed by atoms with Crippen molar-refractivity contribution in [2.75, 3.05) is 39.5 Å². The summed E-state index contributed by atoms with van der Waals surface area (Å²) >= 11 is 0. The van der Waals surface area contributed by atoms with Crippen molar-refractivity contribution in [1.82, 2.24) is 5.32 Å². The SMILES string of the molecule is C=C(C)C(O)NCCC[N+](C)(C)CCCS(=O)(=O)O.[OH-]. The van der Waals surface area contributed by atoms with Crippen LogP contribution in [0.15, 0.2) is 12.2 Å². The molecule has 0 rings (SSSR count). The Morgan fingerprint density at radius 2 is 1.80 bits per heavy atom. The summed E-state index contributed by atoms with van der Waals surface area (Å²) < 4.78 is 30.6. The third kappa shape index (κ3) is 12.5. The zero-order valence-corrected chi connectivity index (χ0v) is 13.4. The zero-order valence-electron chi connectivity index (χ0n) is 12.5. The van der Waals surface area contributed by atoms with Crippen molar-refractivity contribution in [3.05, 3.63) is 12.2 Å². The van der Waals surface area contributed by atoms with Crippen LogP contribution >= 0.6 is 0 Å². The summed E-state index contributed by atoms with van der Waals surface area (Å²) in [6.45, 7) is 7.63. The van der Waals surface area contributed by atoms with Gasteiger partial charge in [-0.1, -0.05) is 6.58 Å². The van der Waals surface area contributed by atoms with Gasteiger partial charge in [-0.25, -0.2) is 0 Å². The van der Waals surface area contributed by atoms with E-state index >= 15 is 0 Å². The smallest absolute Gasteiger partial charge is 0.265 e. The lowest BCUT2D eigenvalue weighted by molar-refractivity contribution is -0.890. The van der Waals surface area contributed by atoms with Gasteiger partial charge in [0.05, 0.1) is 32.9 Å². The lowest BCUT2D eigenvalue weighted by Crippen LogP contribution is -2.43. The maximum absolute atomic E-state index is 10.6. The highest BCUT2D eigenvalue weighted by Crippen LogP contribution is 2.03. The molecule has 8 heteroatoms. The van der Waals surface area contributed by atoms with E-state index in [-0.39, 0.29) is 11.2 Å². The lowest BCUT2D eigenvalue weighted by Gasteiger charge is -2.30. The molecular weight excluding hydrogens is 284 g/mol. The summed E-state index contributed by atoms with van der Waals surface area (Å²) in [7, 11) is 0.169. The summed E-state index contributed by atoms with van der Waals surface area (Å²) in [6.07, 6.45) is 0.631. The second kappa shape index (κ2) is 9.43. The second-order valence-electron chi connectivity index (χ2n) is 5.58. The Morgan fingerprint density at radius 1 is 1.30 bits per heavy atom. The minimum absolute atomic E-state index is 0. The van der Waals surface area contributed by atoms with E-state index in [0.29, 0.717) is 29.6 Å². The van der Waals surface area contributed by atoms with Crippen molar-refractivity contribution in [3.8, 4) is 0 Å². The van der Waals surface area contributed by atoms with Crippen molar-refractivity contribution in [1.29, 1.82) is 0 Å². The van der Waals surface area contributed by atoms with E-state index in [0.717, 1.165) is 13.0 Å². The van der Waals surface area contributed by atoms with Crippen LogP contribution in [0.1, 0.15) is 19.8 Å². The van der Waals surface area contributed by atoms with Crippen LogP contribution in [0.5, 0.6) is 0 Å². The molecule has 0 amide bonds. The van der Waals surface area contributed by atoms with E-state index in [1.807, 2.05) is 14.1 Å². The fraction of sp³-hybridized carbons (Fsp3) is 0.833. The fourth-order valence-corrected chi connectivity index (χ4v) is 2.20. The van der Waals surface area contributed by atoms with Gasteiger partial charge < -0.3 is 15.1 Å². The van der Waals surface area contributed by atoms with Gasteiger partial charge in [0.2, 0.25) is 0 Å². The molecule has 0 aromatic carbocycles. The van der Waals surface area contributed by atoms with Gasteiger partial charge in [0, 0.05) is 19.4 Å². The highest BCUT2D eigenvalue weighted by molar-refractivity contribution is 7.85. The average molecular weight is 312 g/mol. The van der Waals surface area contributed by atoms with E-state index in [1.54, 1.807) is 6.92 Å². The zero-order chi connectivity index (χ0) is 15.1. The molecule has 1 unspecified atom stereocenters. The van der Waals surface area contributed by atoms with Gasteiger partial charge in [0.25, 0.3) is 10.1 Å². The van der Waals surface area contributed by atoms with E-state index in [9.17, 15) is 13.5 Å². The largest absolute Gasteiger partial charge is 0.870 e. The maximum Gasteiger partial charge on any atom is 0.265 e. The summed E-state index contributed by atoms with van der Waals surface area (Å²) in [6, 6.07) is 0. The Balaban J connectivity index is 0. The molecule has 20 heavy (non-hydrogen) atoms. The van der Waals surface area contributed by atoms with Gasteiger partial charge in [-0.2, -0.15) is 8.42 Å². The molecule has 0 heterocycles. The predicted octanol–water partition coefficient (Wildman–Crippen LogP) is 0.0381. The third-order valence-electron chi connectivity index (χ3n) is 2.91. The highest BCUT2D eigenvalue weighted by Gasteiger charge is 2.16.